The number of hydrogen-bond acceptors (Lipinski definition) is 1. The Morgan fingerprint density at radius 2 is 2.14 bits per heavy atom. The Morgan fingerprint density at radius 3 is 2.29 bits per heavy atom. The van der Waals surface area contributed by atoms with E-state index in [2.05, 4.69) is 0 Å². The van der Waals surface area contributed by atoms with Crippen molar-refractivity contribution in [1.29, 1.82) is 0 Å². The predicted octanol–water partition coefficient (Wildman–Crippen LogP) is 0.330. The highest BCUT2D eigenvalue weighted by Crippen LogP contribution is 2.18. The molecule has 0 aromatic carbocycles. The topological polar surface area (TPSA) is 40.1 Å². The summed E-state index contributed by atoms with van der Waals surface area (Å²) in [5, 5.41) is 19.1. The molecule has 2 heteroatoms. The van der Waals surface area contributed by atoms with Crippen LogP contribution < -0.4 is 0 Å². The first-order chi connectivity index (χ1) is 3.29. The molecule has 1 saturated carbocycles. The van der Waals surface area contributed by atoms with Gasteiger partial charge in [-0.3, -0.25) is 0 Å². The van der Waals surface area contributed by atoms with E-state index in [-0.39, 0.29) is 6.10 Å². The lowest BCUT2D eigenvalue weighted by Gasteiger charge is -1.93. The Labute approximate surface area is 42.8 Å². The van der Waals surface area contributed by atoms with Crippen molar-refractivity contribution in [2.24, 2.45) is 0 Å². The summed E-state index contributed by atoms with van der Waals surface area (Å²) in [6, 6.07) is 0. The van der Waals surface area contributed by atoms with Gasteiger partial charge in [-0.2, -0.15) is 0 Å². The fourth-order valence-electron chi connectivity index (χ4n) is 0.917. The minimum absolute atomic E-state index is 0.289. The molecule has 2 atom stereocenters. The maximum Gasteiger partial charge on any atom is 0.0955 e. The van der Waals surface area contributed by atoms with Gasteiger partial charge in [0.25, 0.3) is 0 Å². The second-order valence-electron chi connectivity index (χ2n) is 2.09. The van der Waals surface area contributed by atoms with E-state index < -0.39 is 6.10 Å². The van der Waals surface area contributed by atoms with Crippen molar-refractivity contribution in [1.82, 2.24) is 0 Å². The summed E-state index contributed by atoms with van der Waals surface area (Å²) < 4.78 is 0. The van der Waals surface area contributed by atoms with Crippen LogP contribution in [-0.2, 0) is 5.11 Å². The van der Waals surface area contributed by atoms with Gasteiger partial charge < -0.3 is 5.11 Å². The molecule has 0 spiro atoms. The Hall–Kier alpha value is -0.0800. The van der Waals surface area contributed by atoms with E-state index in [0.29, 0.717) is 19.3 Å². The lowest BCUT2D eigenvalue weighted by Crippen LogP contribution is -2.01. The molecular weight excluding hydrogens is 92.1 g/mol. The predicted molar refractivity (Wildman–Crippen MR) is 24.3 cm³/mol. The van der Waals surface area contributed by atoms with Crippen LogP contribution in [0.25, 0.3) is 0 Å². The number of rotatable bonds is 0. The minimum atomic E-state index is -0.477. The molecule has 1 aliphatic carbocycles. The standard InChI is InChI=1S/C5H9O2/c6-4-1-2-5(7)3-4/h4-6H,1-3H2. The molecule has 2 nitrogen and oxygen atoms in total. The van der Waals surface area contributed by atoms with Crippen LogP contribution >= 0.6 is 0 Å². The lowest BCUT2D eigenvalue weighted by molar-refractivity contribution is 0.0778. The number of hydrogen-bond donors (Lipinski definition) is 1. The summed E-state index contributed by atoms with van der Waals surface area (Å²) in [5.41, 5.74) is 0. The van der Waals surface area contributed by atoms with Crippen LogP contribution in [0.4, 0.5) is 0 Å². The molecule has 1 rings (SSSR count). The quantitative estimate of drug-likeness (QED) is 0.469. The molecule has 0 aromatic heterocycles. The van der Waals surface area contributed by atoms with E-state index in [9.17, 15) is 5.11 Å². The molecule has 0 saturated heterocycles. The lowest BCUT2D eigenvalue weighted by atomic mass is 10.3. The average molecular weight is 101 g/mol. The summed E-state index contributed by atoms with van der Waals surface area (Å²) in [4.78, 5) is 0. The number of aliphatic hydroxyl groups is 1. The largest absolute Gasteiger partial charge is 0.393 e. The summed E-state index contributed by atoms with van der Waals surface area (Å²) >= 11 is 0. The second-order valence-corrected chi connectivity index (χ2v) is 2.09. The zero-order valence-corrected chi connectivity index (χ0v) is 4.13. The molecule has 7 heavy (non-hydrogen) atoms. The second kappa shape index (κ2) is 1.80. The SMILES string of the molecule is [O]C1CCC(O)C1. The maximum absolute atomic E-state index is 10.4. The van der Waals surface area contributed by atoms with Crippen molar-refractivity contribution >= 4 is 0 Å². The molecule has 1 fully saturated rings. The van der Waals surface area contributed by atoms with Crippen LogP contribution in [0.3, 0.4) is 0 Å². The first kappa shape index (κ1) is 5.06. The van der Waals surface area contributed by atoms with Gasteiger partial charge in [0.2, 0.25) is 0 Å². The normalized spacial score (nSPS) is 42.0. The zero-order chi connectivity index (χ0) is 5.28. The molecule has 2 unspecified atom stereocenters. The van der Waals surface area contributed by atoms with Crippen LogP contribution in [0.15, 0.2) is 0 Å². The fraction of sp³-hybridized carbons (Fsp3) is 1.00. The third kappa shape index (κ3) is 1.14. The molecule has 1 aliphatic rings. The van der Waals surface area contributed by atoms with Gasteiger partial charge in [0.05, 0.1) is 12.2 Å². The minimum Gasteiger partial charge on any atom is -0.393 e. The Morgan fingerprint density at radius 1 is 1.43 bits per heavy atom. The summed E-state index contributed by atoms with van der Waals surface area (Å²) in [5.74, 6) is 0. The monoisotopic (exact) mass is 101 g/mol. The van der Waals surface area contributed by atoms with Crippen molar-refractivity contribution in [2.75, 3.05) is 0 Å². The van der Waals surface area contributed by atoms with Crippen LogP contribution in [0.2, 0.25) is 0 Å². The first-order valence-corrected chi connectivity index (χ1v) is 2.63. The Bertz CT molecular complexity index is 55.1. The van der Waals surface area contributed by atoms with Crippen LogP contribution in [0.5, 0.6) is 0 Å². The summed E-state index contributed by atoms with van der Waals surface area (Å²) in [7, 11) is 0. The number of aliphatic hydroxyl groups excluding tert-OH is 1. The van der Waals surface area contributed by atoms with E-state index in [1.54, 1.807) is 0 Å². The van der Waals surface area contributed by atoms with Crippen molar-refractivity contribution in [3.05, 3.63) is 0 Å². The highest BCUT2D eigenvalue weighted by Gasteiger charge is 2.20. The molecule has 41 valence electrons. The van der Waals surface area contributed by atoms with Crippen LogP contribution in [0, 0.1) is 0 Å². The third-order valence-corrected chi connectivity index (χ3v) is 1.36. The van der Waals surface area contributed by atoms with Gasteiger partial charge >= 0.3 is 0 Å². The van der Waals surface area contributed by atoms with E-state index in [1.165, 1.54) is 0 Å². The zero-order valence-electron chi connectivity index (χ0n) is 4.13. The smallest absolute Gasteiger partial charge is 0.0955 e. The molecule has 0 amide bonds. The molecular formula is C5H9O2. The fourth-order valence-corrected chi connectivity index (χ4v) is 0.917. The Kier molecular flexibility index (Phi) is 1.30. The van der Waals surface area contributed by atoms with Crippen molar-refractivity contribution in [3.63, 3.8) is 0 Å². The first-order valence-electron chi connectivity index (χ1n) is 2.63. The molecule has 0 heterocycles. The van der Waals surface area contributed by atoms with E-state index >= 15 is 0 Å². The maximum atomic E-state index is 10.4. The van der Waals surface area contributed by atoms with Crippen LogP contribution in [0.1, 0.15) is 19.3 Å². The van der Waals surface area contributed by atoms with Crippen LogP contribution in [-0.4, -0.2) is 17.3 Å². The molecule has 1 N–H and O–H groups in total. The Balaban J connectivity index is 2.26. The van der Waals surface area contributed by atoms with Crippen molar-refractivity contribution in [3.8, 4) is 0 Å². The van der Waals surface area contributed by atoms with Crippen molar-refractivity contribution in [2.45, 2.75) is 31.5 Å². The highest BCUT2D eigenvalue weighted by atomic mass is 16.3. The van der Waals surface area contributed by atoms with E-state index in [0.717, 1.165) is 0 Å². The summed E-state index contributed by atoms with van der Waals surface area (Å²) in [6.45, 7) is 0. The van der Waals surface area contributed by atoms with E-state index in [1.807, 2.05) is 0 Å². The highest BCUT2D eigenvalue weighted by molar-refractivity contribution is 4.72. The molecule has 1 radical (unpaired) electrons. The average Bonchev–Trinajstić information content (AvgIpc) is 1.87. The van der Waals surface area contributed by atoms with Gasteiger partial charge in [0.1, 0.15) is 0 Å². The van der Waals surface area contributed by atoms with Gasteiger partial charge in [-0.15, -0.1) is 0 Å². The molecule has 0 aliphatic heterocycles. The third-order valence-electron chi connectivity index (χ3n) is 1.36. The molecule has 0 bridgehead atoms. The van der Waals surface area contributed by atoms with Gasteiger partial charge in [-0.25, -0.2) is 5.11 Å². The summed E-state index contributed by atoms with van der Waals surface area (Å²) in [6.07, 6.45) is 1.09. The van der Waals surface area contributed by atoms with Gasteiger partial charge in [0.15, 0.2) is 0 Å². The van der Waals surface area contributed by atoms with Crippen molar-refractivity contribution < 1.29 is 10.2 Å². The van der Waals surface area contributed by atoms with Gasteiger partial charge in [-0.1, -0.05) is 0 Å². The van der Waals surface area contributed by atoms with Gasteiger partial charge in [-0.05, 0) is 12.8 Å². The van der Waals surface area contributed by atoms with E-state index in [4.69, 9.17) is 5.11 Å². The van der Waals surface area contributed by atoms with Gasteiger partial charge in [0, 0.05) is 6.42 Å². The molecule has 0 aromatic rings.